The fraction of sp³-hybridized carbons (Fsp3) is 0.133. The van der Waals surface area contributed by atoms with Crippen molar-refractivity contribution in [2.45, 2.75) is 4.87 Å². The summed E-state index contributed by atoms with van der Waals surface area (Å²) in [6.07, 6.45) is 0. The van der Waals surface area contributed by atoms with Gasteiger partial charge >= 0.3 is 0 Å². The Labute approximate surface area is 125 Å². The number of thioether (sulfide) groups is 1. The summed E-state index contributed by atoms with van der Waals surface area (Å²) >= 11 is 7.11. The lowest BCUT2D eigenvalue weighted by Crippen LogP contribution is -2.11. The van der Waals surface area contributed by atoms with E-state index in [-0.39, 0.29) is 5.82 Å². The van der Waals surface area contributed by atoms with Gasteiger partial charge in [-0.25, -0.2) is 4.39 Å². The molecule has 0 amide bonds. The molecule has 0 saturated carbocycles. The van der Waals surface area contributed by atoms with E-state index in [1.807, 2.05) is 24.3 Å². The lowest BCUT2D eigenvalue weighted by atomic mass is 10.1. The van der Waals surface area contributed by atoms with E-state index in [9.17, 15) is 4.39 Å². The van der Waals surface area contributed by atoms with Crippen LogP contribution in [0.25, 0.3) is 0 Å². The van der Waals surface area contributed by atoms with Gasteiger partial charge in [0.1, 0.15) is 16.1 Å². The standard InChI is InChI=1S/C15H10ClFN2S/c16-12-3-1-11(2-4-12)15(20-10-18)9-19(15)14-7-5-13(17)6-8-14/h1-8H,9H2/t15-,19?/m0/s1. The van der Waals surface area contributed by atoms with Crippen LogP contribution in [0.2, 0.25) is 5.02 Å². The van der Waals surface area contributed by atoms with Crippen LogP contribution in [0.1, 0.15) is 5.56 Å². The van der Waals surface area contributed by atoms with E-state index in [0.29, 0.717) is 5.02 Å². The van der Waals surface area contributed by atoms with Gasteiger partial charge in [-0.05, 0) is 53.7 Å². The maximum absolute atomic E-state index is 13.0. The number of nitriles is 1. The largest absolute Gasteiger partial charge is 0.347 e. The Kier molecular flexibility index (Phi) is 3.33. The molecule has 20 heavy (non-hydrogen) atoms. The lowest BCUT2D eigenvalue weighted by molar-refractivity contribution is 0.628. The lowest BCUT2D eigenvalue weighted by Gasteiger charge is -2.15. The van der Waals surface area contributed by atoms with Crippen molar-refractivity contribution in [1.29, 1.82) is 5.26 Å². The number of rotatable bonds is 3. The Morgan fingerprint density at radius 1 is 1.15 bits per heavy atom. The first kappa shape index (κ1) is 13.3. The van der Waals surface area contributed by atoms with Crippen LogP contribution in [0.15, 0.2) is 48.5 Å². The van der Waals surface area contributed by atoms with Crippen molar-refractivity contribution in [2.24, 2.45) is 0 Å². The molecule has 0 radical (unpaired) electrons. The van der Waals surface area contributed by atoms with Crippen molar-refractivity contribution in [3.63, 3.8) is 0 Å². The minimum Gasteiger partial charge on any atom is -0.347 e. The minimum atomic E-state index is -0.392. The molecule has 0 unspecified atom stereocenters. The van der Waals surface area contributed by atoms with Gasteiger partial charge in [0.25, 0.3) is 0 Å². The summed E-state index contributed by atoms with van der Waals surface area (Å²) in [4.78, 5) is 1.68. The summed E-state index contributed by atoms with van der Waals surface area (Å²) in [5, 5.41) is 11.9. The molecule has 0 aromatic heterocycles. The molecular weight excluding hydrogens is 295 g/mol. The van der Waals surface area contributed by atoms with Crippen molar-refractivity contribution in [3.8, 4) is 5.40 Å². The van der Waals surface area contributed by atoms with Crippen LogP contribution in [-0.4, -0.2) is 6.54 Å². The Morgan fingerprint density at radius 2 is 1.80 bits per heavy atom. The Bertz CT molecular complexity index is 666. The Hall–Kier alpha value is -1.70. The van der Waals surface area contributed by atoms with Gasteiger partial charge in [0.05, 0.1) is 6.54 Å². The second-order valence-electron chi connectivity index (χ2n) is 4.55. The summed E-state index contributed by atoms with van der Waals surface area (Å²) in [5.41, 5.74) is 1.93. The predicted molar refractivity (Wildman–Crippen MR) is 80.1 cm³/mol. The first-order chi connectivity index (χ1) is 9.65. The summed E-state index contributed by atoms with van der Waals surface area (Å²) < 4.78 is 13.0. The van der Waals surface area contributed by atoms with Crippen LogP contribution in [0.5, 0.6) is 0 Å². The molecule has 0 N–H and O–H groups in total. The third-order valence-corrected chi connectivity index (χ3v) is 4.62. The molecule has 1 aliphatic heterocycles. The highest BCUT2D eigenvalue weighted by Gasteiger charge is 2.54. The van der Waals surface area contributed by atoms with Gasteiger partial charge in [0.15, 0.2) is 0 Å². The first-order valence-electron chi connectivity index (χ1n) is 6.02. The number of nitrogens with zero attached hydrogens (tertiary/aromatic N) is 2. The van der Waals surface area contributed by atoms with E-state index in [4.69, 9.17) is 16.9 Å². The van der Waals surface area contributed by atoms with Gasteiger partial charge in [0, 0.05) is 10.7 Å². The van der Waals surface area contributed by atoms with Crippen LogP contribution in [-0.2, 0) is 4.87 Å². The fourth-order valence-electron chi connectivity index (χ4n) is 2.28. The summed E-state index contributed by atoms with van der Waals surface area (Å²) in [6.45, 7) is 0.721. The van der Waals surface area contributed by atoms with E-state index in [1.54, 1.807) is 12.1 Å². The molecule has 5 heteroatoms. The second kappa shape index (κ2) is 5.01. The third-order valence-electron chi connectivity index (χ3n) is 3.35. The number of hydrogen-bond acceptors (Lipinski definition) is 3. The molecule has 100 valence electrons. The highest BCUT2D eigenvalue weighted by Crippen LogP contribution is 2.54. The molecule has 1 aliphatic rings. The van der Waals surface area contributed by atoms with Crippen LogP contribution >= 0.6 is 23.4 Å². The zero-order chi connectivity index (χ0) is 14.2. The Balaban J connectivity index is 1.94. The van der Waals surface area contributed by atoms with Crippen LogP contribution < -0.4 is 4.90 Å². The van der Waals surface area contributed by atoms with Crippen LogP contribution in [0.3, 0.4) is 0 Å². The molecule has 2 aromatic rings. The molecule has 1 saturated heterocycles. The molecule has 1 fully saturated rings. The van der Waals surface area contributed by atoms with E-state index in [0.717, 1.165) is 17.8 Å². The van der Waals surface area contributed by atoms with E-state index in [2.05, 4.69) is 10.3 Å². The molecule has 0 aliphatic carbocycles. The molecule has 3 rings (SSSR count). The monoisotopic (exact) mass is 304 g/mol. The normalized spacial score (nSPS) is 20.6. The van der Waals surface area contributed by atoms with Gasteiger partial charge in [-0.3, -0.25) is 0 Å². The zero-order valence-electron chi connectivity index (χ0n) is 10.4. The van der Waals surface area contributed by atoms with E-state index < -0.39 is 4.87 Å². The van der Waals surface area contributed by atoms with Crippen molar-refractivity contribution in [1.82, 2.24) is 0 Å². The van der Waals surface area contributed by atoms with Crippen molar-refractivity contribution in [3.05, 3.63) is 64.9 Å². The van der Waals surface area contributed by atoms with Gasteiger partial charge < -0.3 is 4.90 Å². The van der Waals surface area contributed by atoms with Gasteiger partial charge in [-0.2, -0.15) is 5.26 Å². The predicted octanol–water partition coefficient (Wildman–Crippen LogP) is 4.37. The molecule has 1 atom stereocenters. The Morgan fingerprint density at radius 3 is 2.40 bits per heavy atom. The van der Waals surface area contributed by atoms with Gasteiger partial charge in [0.2, 0.25) is 0 Å². The fourth-order valence-corrected chi connectivity index (χ4v) is 3.22. The SMILES string of the molecule is N#CS[C@]1(c2ccc(Cl)cc2)CN1c1ccc(F)cc1. The molecule has 1 heterocycles. The van der Waals surface area contributed by atoms with Crippen molar-refractivity contribution < 1.29 is 4.39 Å². The van der Waals surface area contributed by atoms with E-state index >= 15 is 0 Å². The smallest absolute Gasteiger partial charge is 0.144 e. The number of thiocyanates is 1. The summed E-state index contributed by atoms with van der Waals surface area (Å²) in [5.74, 6) is -0.263. The van der Waals surface area contributed by atoms with Crippen LogP contribution in [0.4, 0.5) is 10.1 Å². The second-order valence-corrected chi connectivity index (χ2v) is 6.05. The maximum atomic E-state index is 13.0. The number of halogens is 2. The first-order valence-corrected chi connectivity index (χ1v) is 7.21. The average molecular weight is 305 g/mol. The summed E-state index contributed by atoms with van der Waals surface area (Å²) in [7, 11) is 0. The van der Waals surface area contributed by atoms with Crippen LogP contribution in [0, 0.1) is 16.5 Å². The third kappa shape index (κ3) is 2.24. The minimum absolute atomic E-state index is 0.263. The zero-order valence-corrected chi connectivity index (χ0v) is 12.0. The topological polar surface area (TPSA) is 26.8 Å². The van der Waals surface area contributed by atoms with Crippen molar-refractivity contribution in [2.75, 3.05) is 11.4 Å². The number of benzene rings is 2. The van der Waals surface area contributed by atoms with Gasteiger partial charge in [-0.1, -0.05) is 23.7 Å². The number of anilines is 1. The molecule has 0 spiro atoms. The maximum Gasteiger partial charge on any atom is 0.144 e. The average Bonchev–Trinajstić information content (AvgIpc) is 3.16. The molecule has 0 bridgehead atoms. The van der Waals surface area contributed by atoms with Gasteiger partial charge in [-0.15, -0.1) is 0 Å². The highest BCUT2D eigenvalue weighted by atomic mass is 35.5. The number of hydrogen-bond donors (Lipinski definition) is 0. The van der Waals surface area contributed by atoms with Crippen molar-refractivity contribution >= 4 is 29.1 Å². The summed E-state index contributed by atoms with van der Waals surface area (Å²) in [6, 6.07) is 13.8. The molecular formula is C15H10ClFN2S. The molecule has 2 aromatic carbocycles. The quantitative estimate of drug-likeness (QED) is 0.622. The molecule has 2 nitrogen and oxygen atoms in total. The van der Waals surface area contributed by atoms with E-state index in [1.165, 1.54) is 23.9 Å². The highest BCUT2D eigenvalue weighted by molar-refractivity contribution is 8.05.